The molecule has 1 aromatic carbocycles. The van der Waals surface area contributed by atoms with Crippen LogP contribution in [0.15, 0.2) is 42.6 Å². The van der Waals surface area contributed by atoms with Gasteiger partial charge in [-0.05, 0) is 30.2 Å². The first kappa shape index (κ1) is 19.8. The molecule has 1 heterocycles. The van der Waals surface area contributed by atoms with Crippen molar-refractivity contribution in [1.82, 2.24) is 9.88 Å². The molecule has 0 saturated heterocycles. The second kappa shape index (κ2) is 10.6. The summed E-state index contributed by atoms with van der Waals surface area (Å²) in [5, 5.41) is 0. The predicted molar refractivity (Wildman–Crippen MR) is 95.1 cm³/mol. The first-order valence-electron chi connectivity index (χ1n) is 7.82. The number of carbonyl (C=O) groups is 1. The summed E-state index contributed by atoms with van der Waals surface area (Å²) < 4.78 is 0. The van der Waals surface area contributed by atoms with Crippen LogP contribution in [-0.2, 0) is 0 Å². The molecule has 2 aromatic rings. The van der Waals surface area contributed by atoms with Gasteiger partial charge in [0.25, 0.3) is 5.91 Å². The maximum atomic E-state index is 11.9. The summed E-state index contributed by atoms with van der Waals surface area (Å²) >= 11 is 0. The van der Waals surface area contributed by atoms with E-state index < -0.39 is 0 Å². The van der Waals surface area contributed by atoms with Crippen molar-refractivity contribution in [2.75, 3.05) is 14.1 Å². The van der Waals surface area contributed by atoms with E-state index >= 15 is 0 Å². The Balaban J connectivity index is 0.00000102. The summed E-state index contributed by atoms with van der Waals surface area (Å²) in [5.41, 5.74) is 3.79. The van der Waals surface area contributed by atoms with Gasteiger partial charge in [0.2, 0.25) is 0 Å². The molecule has 1 amide bonds. The molecule has 0 aliphatic rings. The molecule has 0 bridgehead atoms. The van der Waals surface area contributed by atoms with E-state index in [1.54, 1.807) is 20.3 Å². The van der Waals surface area contributed by atoms with Crippen LogP contribution in [0.2, 0.25) is 0 Å². The van der Waals surface area contributed by atoms with Crippen molar-refractivity contribution in [3.05, 3.63) is 53.9 Å². The van der Waals surface area contributed by atoms with Crippen LogP contribution >= 0.6 is 0 Å². The number of aromatic nitrogens is 1. The minimum Gasteiger partial charge on any atom is -0.343 e. The van der Waals surface area contributed by atoms with Crippen LogP contribution in [0.1, 0.15) is 43.7 Å². The summed E-state index contributed by atoms with van der Waals surface area (Å²) in [4.78, 5) is 17.5. The highest BCUT2D eigenvalue weighted by Gasteiger charge is 2.10. The minimum absolute atomic E-state index is 0.0792. The van der Waals surface area contributed by atoms with Gasteiger partial charge in [0, 0.05) is 20.3 Å². The summed E-state index contributed by atoms with van der Waals surface area (Å²) in [6.07, 6.45) is 1.68. The van der Waals surface area contributed by atoms with Crippen molar-refractivity contribution < 1.29 is 4.79 Å². The Bertz CT molecular complexity index is 577. The van der Waals surface area contributed by atoms with Gasteiger partial charge in [0.05, 0.1) is 0 Å². The second-order valence-corrected chi connectivity index (χ2v) is 4.50. The number of rotatable bonds is 2. The van der Waals surface area contributed by atoms with Crippen LogP contribution in [0, 0.1) is 6.92 Å². The quantitative estimate of drug-likeness (QED) is 0.797. The number of nitrogens with zero attached hydrogens (tertiary/aromatic N) is 2. The molecule has 1 aromatic heterocycles. The van der Waals surface area contributed by atoms with Gasteiger partial charge in [-0.25, -0.2) is 0 Å². The molecule has 0 spiro atoms. The van der Waals surface area contributed by atoms with E-state index in [0.29, 0.717) is 5.69 Å². The second-order valence-electron chi connectivity index (χ2n) is 4.50. The third-order valence-corrected chi connectivity index (χ3v) is 2.74. The highest BCUT2D eigenvalue weighted by molar-refractivity contribution is 5.93. The van der Waals surface area contributed by atoms with E-state index in [1.807, 2.05) is 52.0 Å². The number of amides is 1. The zero-order valence-corrected chi connectivity index (χ0v) is 14.8. The fourth-order valence-corrected chi connectivity index (χ4v) is 1.78. The Morgan fingerprint density at radius 3 is 2.09 bits per heavy atom. The van der Waals surface area contributed by atoms with Crippen LogP contribution in [0.4, 0.5) is 0 Å². The Kier molecular flexibility index (Phi) is 9.51. The van der Waals surface area contributed by atoms with E-state index in [0.717, 1.165) is 11.1 Å². The average molecular weight is 300 g/mol. The van der Waals surface area contributed by atoms with Gasteiger partial charge >= 0.3 is 0 Å². The zero-order valence-electron chi connectivity index (χ0n) is 14.8. The number of hydrogen-bond acceptors (Lipinski definition) is 2. The molecule has 0 saturated carbocycles. The van der Waals surface area contributed by atoms with Crippen LogP contribution in [0.25, 0.3) is 11.1 Å². The molecule has 3 nitrogen and oxygen atoms in total. The van der Waals surface area contributed by atoms with Gasteiger partial charge in [0.1, 0.15) is 5.69 Å². The first-order valence-corrected chi connectivity index (χ1v) is 7.82. The number of benzene rings is 1. The van der Waals surface area contributed by atoms with Crippen molar-refractivity contribution in [2.24, 2.45) is 0 Å². The number of hydrogen-bond donors (Lipinski definition) is 0. The first-order chi connectivity index (χ1) is 10.6. The molecule has 120 valence electrons. The largest absolute Gasteiger partial charge is 0.343 e. The third kappa shape index (κ3) is 5.68. The number of carbonyl (C=O) groups excluding carboxylic acids is 1. The van der Waals surface area contributed by atoms with Crippen molar-refractivity contribution in [1.29, 1.82) is 0 Å². The van der Waals surface area contributed by atoms with Crippen molar-refractivity contribution in [2.45, 2.75) is 34.6 Å². The number of aryl methyl sites for hydroxylation is 1. The molecule has 22 heavy (non-hydrogen) atoms. The van der Waals surface area contributed by atoms with Crippen LogP contribution in [0.5, 0.6) is 0 Å². The highest BCUT2D eigenvalue weighted by Crippen LogP contribution is 2.20. The van der Waals surface area contributed by atoms with E-state index in [2.05, 4.69) is 24.0 Å². The normalized spacial score (nSPS) is 8.86. The Morgan fingerprint density at radius 1 is 0.955 bits per heavy atom. The fourth-order valence-electron chi connectivity index (χ4n) is 1.78. The predicted octanol–water partition coefficient (Wildman–Crippen LogP) is 4.81. The van der Waals surface area contributed by atoms with Gasteiger partial charge in [-0.1, -0.05) is 57.5 Å². The third-order valence-electron chi connectivity index (χ3n) is 2.74. The molecule has 2 rings (SSSR count). The standard InChI is InChI=1S/C15H16N2O.2C2H6/c1-11-5-4-6-12(9-11)13-7-8-16-14(10-13)15(18)17(2)3;2*1-2/h4-10H,1-3H3;2*1-2H3. The molecule has 0 fully saturated rings. The lowest BCUT2D eigenvalue weighted by Crippen LogP contribution is -2.22. The molecular formula is C19H28N2O. The molecule has 0 atom stereocenters. The molecule has 0 N–H and O–H groups in total. The summed E-state index contributed by atoms with van der Waals surface area (Å²) in [6, 6.07) is 11.9. The smallest absolute Gasteiger partial charge is 0.271 e. The molecule has 3 heteroatoms. The van der Waals surface area contributed by atoms with Gasteiger partial charge in [-0.15, -0.1) is 0 Å². The maximum Gasteiger partial charge on any atom is 0.271 e. The molecule has 0 unspecified atom stereocenters. The summed E-state index contributed by atoms with van der Waals surface area (Å²) in [6.45, 7) is 10.1. The van der Waals surface area contributed by atoms with E-state index in [4.69, 9.17) is 0 Å². The van der Waals surface area contributed by atoms with Crippen molar-refractivity contribution in [3.8, 4) is 11.1 Å². The van der Waals surface area contributed by atoms with E-state index in [-0.39, 0.29) is 5.91 Å². The SMILES string of the molecule is CC.CC.Cc1cccc(-c2ccnc(C(=O)N(C)C)c2)c1. The fraction of sp³-hybridized carbons (Fsp3) is 0.368. The van der Waals surface area contributed by atoms with E-state index in [9.17, 15) is 4.79 Å². The van der Waals surface area contributed by atoms with Crippen molar-refractivity contribution >= 4 is 5.91 Å². The Labute approximate surface area is 135 Å². The molecule has 0 aliphatic carbocycles. The van der Waals surface area contributed by atoms with Crippen LogP contribution in [0.3, 0.4) is 0 Å². The lowest BCUT2D eigenvalue weighted by atomic mass is 10.0. The average Bonchev–Trinajstić information content (AvgIpc) is 2.58. The topological polar surface area (TPSA) is 33.2 Å². The van der Waals surface area contributed by atoms with Crippen LogP contribution in [-0.4, -0.2) is 29.9 Å². The number of pyridine rings is 1. The summed E-state index contributed by atoms with van der Waals surface area (Å²) in [7, 11) is 3.45. The lowest BCUT2D eigenvalue weighted by molar-refractivity contribution is 0.0822. The zero-order chi connectivity index (χ0) is 17.1. The van der Waals surface area contributed by atoms with Gasteiger partial charge < -0.3 is 4.90 Å². The highest BCUT2D eigenvalue weighted by atomic mass is 16.2. The maximum absolute atomic E-state index is 11.9. The van der Waals surface area contributed by atoms with Gasteiger partial charge in [0.15, 0.2) is 0 Å². The Morgan fingerprint density at radius 2 is 1.55 bits per heavy atom. The lowest BCUT2D eigenvalue weighted by Gasteiger charge is -2.10. The van der Waals surface area contributed by atoms with Gasteiger partial charge in [-0.3, -0.25) is 9.78 Å². The molecular weight excluding hydrogens is 272 g/mol. The van der Waals surface area contributed by atoms with Gasteiger partial charge in [-0.2, -0.15) is 0 Å². The van der Waals surface area contributed by atoms with Crippen molar-refractivity contribution in [3.63, 3.8) is 0 Å². The summed E-state index contributed by atoms with van der Waals surface area (Å²) in [5.74, 6) is -0.0792. The Hall–Kier alpha value is -2.16. The van der Waals surface area contributed by atoms with Crippen LogP contribution < -0.4 is 0 Å². The van der Waals surface area contributed by atoms with E-state index in [1.165, 1.54) is 10.5 Å². The monoisotopic (exact) mass is 300 g/mol. The molecule has 0 radical (unpaired) electrons. The molecule has 0 aliphatic heterocycles. The minimum atomic E-state index is -0.0792.